The second-order valence-electron chi connectivity index (χ2n) is 4.41. The molecule has 19 heavy (non-hydrogen) atoms. The van der Waals surface area contributed by atoms with Gasteiger partial charge in [-0.15, -0.1) is 0 Å². The Morgan fingerprint density at radius 3 is 2.53 bits per heavy atom. The molecule has 0 heterocycles. The number of aryl methyl sites for hydroxylation is 1. The van der Waals surface area contributed by atoms with Crippen LogP contribution in [-0.2, 0) is 10.0 Å². The quantitative estimate of drug-likeness (QED) is 0.615. The van der Waals surface area contributed by atoms with Crippen molar-refractivity contribution >= 4 is 15.7 Å². The molecule has 0 radical (unpaired) electrons. The lowest BCUT2D eigenvalue weighted by Crippen LogP contribution is -2.31. The van der Waals surface area contributed by atoms with Gasteiger partial charge in [0.15, 0.2) is 0 Å². The van der Waals surface area contributed by atoms with Crippen molar-refractivity contribution in [3.63, 3.8) is 0 Å². The van der Waals surface area contributed by atoms with Crippen LogP contribution in [0.1, 0.15) is 5.56 Å². The van der Waals surface area contributed by atoms with Gasteiger partial charge in [0, 0.05) is 25.2 Å². The summed E-state index contributed by atoms with van der Waals surface area (Å²) in [5.41, 5.74) is 0.238. The van der Waals surface area contributed by atoms with Gasteiger partial charge in [-0.05, 0) is 26.6 Å². The molecule has 0 spiro atoms. The number of likely N-dealkylation sites (N-methyl/N-ethyl adjacent to an activating group) is 1. The fourth-order valence-electron chi connectivity index (χ4n) is 1.47. The van der Waals surface area contributed by atoms with Crippen molar-refractivity contribution in [2.24, 2.45) is 0 Å². The summed E-state index contributed by atoms with van der Waals surface area (Å²) in [5.74, 6) is 0. The van der Waals surface area contributed by atoms with E-state index in [-0.39, 0.29) is 17.1 Å². The Kier molecular flexibility index (Phi) is 4.98. The predicted octanol–water partition coefficient (Wildman–Crippen LogP) is 0.743. The van der Waals surface area contributed by atoms with E-state index in [0.717, 1.165) is 6.07 Å². The third-order valence-electron chi connectivity index (χ3n) is 2.52. The number of nitrogens with zero attached hydrogens (tertiary/aromatic N) is 2. The van der Waals surface area contributed by atoms with Crippen LogP contribution in [-0.4, -0.2) is 45.4 Å². The van der Waals surface area contributed by atoms with Crippen LogP contribution in [0.2, 0.25) is 0 Å². The van der Waals surface area contributed by atoms with Crippen LogP contribution >= 0.6 is 0 Å². The molecule has 0 unspecified atom stereocenters. The molecule has 0 saturated carbocycles. The summed E-state index contributed by atoms with van der Waals surface area (Å²) in [6.45, 7) is 2.40. The normalized spacial score (nSPS) is 11.8. The van der Waals surface area contributed by atoms with E-state index in [0.29, 0.717) is 12.1 Å². The maximum absolute atomic E-state index is 12.1. The number of hydrogen-bond donors (Lipinski definition) is 1. The van der Waals surface area contributed by atoms with Gasteiger partial charge >= 0.3 is 0 Å². The topological polar surface area (TPSA) is 92.5 Å². The fraction of sp³-hybridized carbons (Fsp3) is 0.455. The lowest BCUT2D eigenvalue weighted by atomic mass is 10.2. The van der Waals surface area contributed by atoms with Gasteiger partial charge in [-0.25, -0.2) is 13.1 Å². The summed E-state index contributed by atoms with van der Waals surface area (Å²) in [6.07, 6.45) is 0. The first-order valence-electron chi connectivity index (χ1n) is 5.63. The minimum Gasteiger partial charge on any atom is -0.308 e. The van der Waals surface area contributed by atoms with Crippen molar-refractivity contribution in [3.8, 4) is 0 Å². The average molecular weight is 287 g/mol. The van der Waals surface area contributed by atoms with E-state index < -0.39 is 14.9 Å². The number of benzene rings is 1. The van der Waals surface area contributed by atoms with E-state index in [4.69, 9.17) is 0 Å². The first-order chi connectivity index (χ1) is 8.74. The van der Waals surface area contributed by atoms with Crippen LogP contribution < -0.4 is 4.72 Å². The highest BCUT2D eigenvalue weighted by atomic mass is 32.2. The van der Waals surface area contributed by atoms with Gasteiger partial charge < -0.3 is 4.90 Å². The van der Waals surface area contributed by atoms with Crippen LogP contribution in [0.5, 0.6) is 0 Å². The second kappa shape index (κ2) is 6.09. The van der Waals surface area contributed by atoms with Crippen molar-refractivity contribution in [1.82, 2.24) is 9.62 Å². The smallest absolute Gasteiger partial charge is 0.270 e. The summed E-state index contributed by atoms with van der Waals surface area (Å²) in [5, 5.41) is 10.7. The molecule has 0 atom stereocenters. The summed E-state index contributed by atoms with van der Waals surface area (Å²) in [6, 6.07) is 3.79. The molecule has 1 N–H and O–H groups in total. The Hall–Kier alpha value is -1.51. The van der Waals surface area contributed by atoms with Gasteiger partial charge in [-0.1, -0.05) is 6.07 Å². The highest BCUT2D eigenvalue weighted by molar-refractivity contribution is 7.89. The third-order valence-corrected chi connectivity index (χ3v) is 4.13. The zero-order valence-electron chi connectivity index (χ0n) is 11.1. The maximum atomic E-state index is 12.1. The van der Waals surface area contributed by atoms with Gasteiger partial charge in [-0.3, -0.25) is 10.1 Å². The van der Waals surface area contributed by atoms with Gasteiger partial charge in [0.1, 0.15) is 0 Å². The maximum Gasteiger partial charge on any atom is 0.270 e. The summed E-state index contributed by atoms with van der Waals surface area (Å²) < 4.78 is 26.5. The Balaban J connectivity index is 3.00. The fourth-order valence-corrected chi connectivity index (χ4v) is 2.76. The molecule has 8 heteroatoms. The molecule has 0 saturated heterocycles. The SMILES string of the molecule is Cc1ccc([N+](=O)[O-])cc1S(=O)(=O)NCCN(C)C. The highest BCUT2D eigenvalue weighted by Gasteiger charge is 2.19. The van der Waals surface area contributed by atoms with Crippen molar-refractivity contribution in [3.05, 3.63) is 33.9 Å². The summed E-state index contributed by atoms with van der Waals surface area (Å²) in [4.78, 5) is 11.8. The Morgan fingerprint density at radius 1 is 1.37 bits per heavy atom. The molecule has 0 fully saturated rings. The number of sulfonamides is 1. The molecule has 0 aliphatic rings. The standard InChI is InChI=1S/C11H17N3O4S/c1-9-4-5-10(14(15)16)8-11(9)19(17,18)12-6-7-13(2)3/h4-5,8,12H,6-7H2,1-3H3. The number of hydrogen-bond acceptors (Lipinski definition) is 5. The molecule has 106 valence electrons. The molecule has 1 rings (SSSR count). The van der Waals surface area contributed by atoms with Crippen LogP contribution in [0.4, 0.5) is 5.69 Å². The predicted molar refractivity (Wildman–Crippen MR) is 71.6 cm³/mol. The van der Waals surface area contributed by atoms with Crippen LogP contribution in [0, 0.1) is 17.0 Å². The molecule has 1 aromatic carbocycles. The Morgan fingerprint density at radius 2 is 2.00 bits per heavy atom. The Bertz CT molecular complexity index is 569. The van der Waals surface area contributed by atoms with E-state index >= 15 is 0 Å². The minimum absolute atomic E-state index is 0.0551. The molecule has 0 aromatic heterocycles. The lowest BCUT2D eigenvalue weighted by Gasteiger charge is -2.12. The van der Waals surface area contributed by atoms with Crippen molar-refractivity contribution in [2.75, 3.05) is 27.2 Å². The van der Waals surface area contributed by atoms with Crippen LogP contribution in [0.3, 0.4) is 0 Å². The van der Waals surface area contributed by atoms with Gasteiger partial charge in [0.05, 0.1) is 9.82 Å². The molecular weight excluding hydrogens is 270 g/mol. The largest absolute Gasteiger partial charge is 0.308 e. The number of nitrogens with one attached hydrogen (secondary N) is 1. The minimum atomic E-state index is -3.72. The lowest BCUT2D eigenvalue weighted by molar-refractivity contribution is -0.385. The molecule has 7 nitrogen and oxygen atoms in total. The molecule has 0 aliphatic carbocycles. The van der Waals surface area contributed by atoms with Gasteiger partial charge in [-0.2, -0.15) is 0 Å². The molecule has 0 bridgehead atoms. The molecule has 0 amide bonds. The number of nitro benzene ring substituents is 1. The van der Waals surface area contributed by atoms with Gasteiger partial charge in [0.2, 0.25) is 10.0 Å². The Labute approximate surface area is 112 Å². The van der Waals surface area contributed by atoms with E-state index in [1.54, 1.807) is 6.92 Å². The number of rotatable bonds is 6. The van der Waals surface area contributed by atoms with E-state index in [1.165, 1.54) is 12.1 Å². The monoisotopic (exact) mass is 287 g/mol. The van der Waals surface area contributed by atoms with Crippen molar-refractivity contribution in [2.45, 2.75) is 11.8 Å². The molecule has 0 aliphatic heterocycles. The van der Waals surface area contributed by atoms with E-state index in [1.807, 2.05) is 19.0 Å². The second-order valence-corrected chi connectivity index (χ2v) is 6.14. The zero-order chi connectivity index (χ0) is 14.6. The van der Waals surface area contributed by atoms with Crippen LogP contribution in [0.15, 0.2) is 23.1 Å². The van der Waals surface area contributed by atoms with Crippen molar-refractivity contribution < 1.29 is 13.3 Å². The highest BCUT2D eigenvalue weighted by Crippen LogP contribution is 2.21. The average Bonchev–Trinajstić information content (AvgIpc) is 2.28. The summed E-state index contributed by atoms with van der Waals surface area (Å²) in [7, 11) is -0.0712. The van der Waals surface area contributed by atoms with E-state index in [9.17, 15) is 18.5 Å². The van der Waals surface area contributed by atoms with Crippen molar-refractivity contribution in [1.29, 1.82) is 0 Å². The number of non-ortho nitro benzene ring substituents is 1. The van der Waals surface area contributed by atoms with E-state index in [2.05, 4.69) is 4.72 Å². The zero-order valence-corrected chi connectivity index (χ0v) is 11.9. The molecular formula is C11H17N3O4S. The summed E-state index contributed by atoms with van der Waals surface area (Å²) >= 11 is 0. The molecule has 1 aromatic rings. The first-order valence-corrected chi connectivity index (χ1v) is 7.12. The van der Waals surface area contributed by atoms with Gasteiger partial charge in [0.25, 0.3) is 5.69 Å². The third kappa shape index (κ3) is 4.27. The first kappa shape index (κ1) is 15.5. The number of nitro groups is 1. The van der Waals surface area contributed by atoms with Crippen LogP contribution in [0.25, 0.3) is 0 Å².